The molecule has 0 unspecified atom stereocenters. The zero-order chi connectivity index (χ0) is 16.8. The van der Waals surface area contributed by atoms with E-state index in [0.717, 1.165) is 11.0 Å². The van der Waals surface area contributed by atoms with Crippen molar-refractivity contribution in [1.82, 2.24) is 0 Å². The van der Waals surface area contributed by atoms with E-state index in [9.17, 15) is 14.9 Å². The Labute approximate surface area is 146 Å². The molecule has 8 heteroatoms. The Morgan fingerprint density at radius 1 is 1.17 bits per heavy atom. The largest absolute Gasteiger partial charge is 0.461 e. The molecule has 0 amide bonds. The minimum absolute atomic E-state index is 0.0233. The number of hydrogen-bond donors (Lipinski definition) is 0. The quantitative estimate of drug-likeness (QED) is 0.238. The molecule has 0 saturated carbocycles. The fraction of sp³-hybridized carbons (Fsp3) is 0.133. The number of carbonyl (C=O) groups is 1. The van der Waals surface area contributed by atoms with Gasteiger partial charge in [0.25, 0.3) is 5.69 Å². The predicted octanol–water partition coefficient (Wildman–Crippen LogP) is 4.85. The Bertz CT molecular complexity index is 722. The third-order valence-electron chi connectivity index (χ3n) is 2.78. The lowest BCUT2D eigenvalue weighted by molar-refractivity contribution is -0.384. The summed E-state index contributed by atoms with van der Waals surface area (Å²) >= 11 is 13.0. The molecule has 0 fully saturated rings. The molecule has 5 nitrogen and oxygen atoms in total. The molecule has 0 bridgehead atoms. The number of carbonyl (C=O) groups excluding carboxylic acids is 1. The molecule has 0 aliphatic heterocycles. The Morgan fingerprint density at radius 2 is 1.87 bits per heavy atom. The van der Waals surface area contributed by atoms with Crippen LogP contribution in [0, 0.1) is 10.1 Å². The third kappa shape index (κ3) is 5.13. The number of thioether (sulfide) groups is 1. The zero-order valence-corrected chi connectivity index (χ0v) is 14.0. The number of nitro groups is 1. The van der Waals surface area contributed by atoms with Gasteiger partial charge in [-0.15, -0.1) is 11.8 Å². The minimum Gasteiger partial charge on any atom is -0.461 e. The zero-order valence-electron chi connectivity index (χ0n) is 11.7. The van der Waals surface area contributed by atoms with Gasteiger partial charge in [-0.05, 0) is 36.4 Å². The number of hydrogen-bond acceptors (Lipinski definition) is 5. The normalized spacial score (nSPS) is 10.3. The Kier molecular flexibility index (Phi) is 6.27. The van der Waals surface area contributed by atoms with Crippen molar-refractivity contribution >= 4 is 46.6 Å². The molecule has 0 spiro atoms. The first-order valence-electron chi connectivity index (χ1n) is 6.47. The summed E-state index contributed by atoms with van der Waals surface area (Å²) in [7, 11) is 0. The van der Waals surface area contributed by atoms with Crippen molar-refractivity contribution in [2.24, 2.45) is 0 Å². The Balaban J connectivity index is 1.86. The van der Waals surface area contributed by atoms with Crippen LogP contribution in [0.15, 0.2) is 47.4 Å². The number of halogens is 2. The molecule has 23 heavy (non-hydrogen) atoms. The second-order valence-electron chi connectivity index (χ2n) is 4.36. The van der Waals surface area contributed by atoms with Gasteiger partial charge in [0.2, 0.25) is 0 Å². The van der Waals surface area contributed by atoms with E-state index in [1.807, 2.05) is 12.1 Å². The number of nitro benzene ring substituents is 1. The Morgan fingerprint density at radius 3 is 2.52 bits per heavy atom. The van der Waals surface area contributed by atoms with Crippen LogP contribution >= 0.6 is 35.0 Å². The van der Waals surface area contributed by atoms with Crippen LogP contribution in [0.25, 0.3) is 0 Å². The van der Waals surface area contributed by atoms with E-state index >= 15 is 0 Å². The molecule has 0 aliphatic carbocycles. The van der Waals surface area contributed by atoms with Crippen molar-refractivity contribution in [2.45, 2.75) is 4.90 Å². The minimum atomic E-state index is -0.643. The molecule has 0 aliphatic rings. The summed E-state index contributed by atoms with van der Waals surface area (Å²) in [5.74, 6) is -0.0650. The van der Waals surface area contributed by atoms with E-state index in [2.05, 4.69) is 0 Å². The molecule has 0 heterocycles. The summed E-state index contributed by atoms with van der Waals surface area (Å²) in [6.45, 7) is 0.183. The molecule has 120 valence electrons. The standard InChI is InChI=1S/C15H11Cl2NO4S/c16-11-2-4-12(5-3-11)23-8-7-22-15(19)10-1-6-13(17)14(9-10)18(20)21/h1-6,9H,7-8H2. The average molecular weight is 372 g/mol. The van der Waals surface area contributed by atoms with Gasteiger partial charge in [0.1, 0.15) is 11.6 Å². The maximum atomic E-state index is 11.9. The number of rotatable bonds is 6. The number of nitrogens with zero attached hydrogens (tertiary/aromatic N) is 1. The molecule has 0 aromatic heterocycles. The van der Waals surface area contributed by atoms with Crippen LogP contribution in [0.4, 0.5) is 5.69 Å². The van der Waals surface area contributed by atoms with E-state index < -0.39 is 10.9 Å². The summed E-state index contributed by atoms with van der Waals surface area (Å²) in [6.07, 6.45) is 0. The number of ether oxygens (including phenoxy) is 1. The van der Waals surface area contributed by atoms with Gasteiger partial charge in [-0.3, -0.25) is 10.1 Å². The van der Waals surface area contributed by atoms with Gasteiger partial charge in [0, 0.05) is 21.7 Å². The lowest BCUT2D eigenvalue weighted by Gasteiger charge is -2.05. The van der Waals surface area contributed by atoms with Crippen LogP contribution in [0.2, 0.25) is 10.0 Å². The van der Waals surface area contributed by atoms with E-state index in [1.54, 1.807) is 12.1 Å². The summed E-state index contributed by atoms with van der Waals surface area (Å²) in [5, 5.41) is 11.4. The number of benzene rings is 2. The van der Waals surface area contributed by atoms with Crippen molar-refractivity contribution in [1.29, 1.82) is 0 Å². The van der Waals surface area contributed by atoms with Crippen LogP contribution in [0.5, 0.6) is 0 Å². The molecule has 0 saturated heterocycles. The second-order valence-corrected chi connectivity index (χ2v) is 6.37. The van der Waals surface area contributed by atoms with E-state index in [1.165, 1.54) is 23.9 Å². The van der Waals surface area contributed by atoms with Crippen LogP contribution in [-0.4, -0.2) is 23.3 Å². The maximum absolute atomic E-state index is 11.9. The highest BCUT2D eigenvalue weighted by Gasteiger charge is 2.17. The topological polar surface area (TPSA) is 69.4 Å². The van der Waals surface area contributed by atoms with Gasteiger partial charge < -0.3 is 4.74 Å². The van der Waals surface area contributed by atoms with Crippen LogP contribution in [-0.2, 0) is 4.74 Å². The van der Waals surface area contributed by atoms with Crippen molar-refractivity contribution in [3.8, 4) is 0 Å². The fourth-order valence-electron chi connectivity index (χ4n) is 1.69. The first-order chi connectivity index (χ1) is 11.0. The molecule has 2 aromatic rings. The van der Waals surface area contributed by atoms with Gasteiger partial charge in [-0.1, -0.05) is 23.2 Å². The van der Waals surface area contributed by atoms with E-state index in [0.29, 0.717) is 10.8 Å². The summed E-state index contributed by atoms with van der Waals surface area (Å²) in [5.41, 5.74) is -0.228. The van der Waals surface area contributed by atoms with Gasteiger partial charge in [-0.25, -0.2) is 4.79 Å². The Hall–Kier alpha value is -1.76. The van der Waals surface area contributed by atoms with Crippen LogP contribution in [0.3, 0.4) is 0 Å². The molecule has 0 radical (unpaired) electrons. The van der Waals surface area contributed by atoms with Crippen LogP contribution < -0.4 is 0 Å². The SMILES string of the molecule is O=C(OCCSc1ccc(Cl)cc1)c1ccc(Cl)c([N+](=O)[O-])c1. The molecule has 2 rings (SSSR count). The number of esters is 1. The second kappa shape index (κ2) is 8.19. The summed E-state index contributed by atoms with van der Waals surface area (Å²) < 4.78 is 5.10. The van der Waals surface area contributed by atoms with Gasteiger partial charge >= 0.3 is 5.97 Å². The molecular weight excluding hydrogens is 361 g/mol. The highest BCUT2D eigenvalue weighted by molar-refractivity contribution is 7.99. The van der Waals surface area contributed by atoms with Gasteiger partial charge in [0.05, 0.1) is 10.5 Å². The van der Waals surface area contributed by atoms with Gasteiger partial charge in [0.15, 0.2) is 0 Å². The highest BCUT2D eigenvalue weighted by Crippen LogP contribution is 2.25. The van der Waals surface area contributed by atoms with Crippen molar-refractivity contribution in [3.63, 3.8) is 0 Å². The molecular formula is C15H11Cl2NO4S. The lowest BCUT2D eigenvalue weighted by atomic mass is 10.2. The molecule has 2 aromatic carbocycles. The van der Waals surface area contributed by atoms with Gasteiger partial charge in [-0.2, -0.15) is 0 Å². The van der Waals surface area contributed by atoms with Crippen molar-refractivity contribution in [2.75, 3.05) is 12.4 Å². The summed E-state index contributed by atoms with van der Waals surface area (Å²) in [6, 6.07) is 11.1. The van der Waals surface area contributed by atoms with Crippen LogP contribution in [0.1, 0.15) is 10.4 Å². The third-order valence-corrected chi connectivity index (χ3v) is 4.33. The first kappa shape index (κ1) is 17.6. The lowest BCUT2D eigenvalue weighted by Crippen LogP contribution is -2.08. The van der Waals surface area contributed by atoms with E-state index in [-0.39, 0.29) is 22.9 Å². The summed E-state index contributed by atoms with van der Waals surface area (Å²) in [4.78, 5) is 23.0. The van der Waals surface area contributed by atoms with E-state index in [4.69, 9.17) is 27.9 Å². The molecule has 0 atom stereocenters. The maximum Gasteiger partial charge on any atom is 0.338 e. The highest BCUT2D eigenvalue weighted by atomic mass is 35.5. The monoisotopic (exact) mass is 371 g/mol. The van der Waals surface area contributed by atoms with Crippen molar-refractivity contribution in [3.05, 3.63) is 68.2 Å². The average Bonchev–Trinajstić information content (AvgIpc) is 2.53. The molecule has 0 N–H and O–H groups in total. The smallest absolute Gasteiger partial charge is 0.338 e. The predicted molar refractivity (Wildman–Crippen MR) is 90.6 cm³/mol. The fourth-order valence-corrected chi connectivity index (χ4v) is 2.73. The van der Waals surface area contributed by atoms with Crippen molar-refractivity contribution < 1.29 is 14.5 Å². The first-order valence-corrected chi connectivity index (χ1v) is 8.21.